The molecule has 3 rings (SSSR count). The molecule has 0 saturated carbocycles. The molecule has 0 atom stereocenters. The molecule has 7 nitrogen and oxygen atoms in total. The van der Waals surface area contributed by atoms with E-state index in [1.807, 2.05) is 75.4 Å². The third kappa shape index (κ3) is 5.44. The number of urea groups is 1. The number of aryl methyl sites for hydroxylation is 2. The van der Waals surface area contributed by atoms with Crippen molar-refractivity contribution in [3.63, 3.8) is 0 Å². The lowest BCUT2D eigenvalue weighted by Gasteiger charge is -2.11. The lowest BCUT2D eigenvalue weighted by atomic mass is 10.2. The van der Waals surface area contributed by atoms with Gasteiger partial charge in [-0.05, 0) is 57.2 Å². The molecule has 3 aromatic rings. The lowest BCUT2D eigenvalue weighted by Crippen LogP contribution is -2.19. The molecule has 0 fully saturated rings. The molecule has 28 heavy (non-hydrogen) atoms. The normalized spacial score (nSPS) is 10.2. The van der Waals surface area contributed by atoms with Crippen LogP contribution in [0.4, 0.5) is 33.6 Å². The number of carbonyl (C=O) groups excluding carboxylic acids is 1. The van der Waals surface area contributed by atoms with Crippen LogP contribution in [0.25, 0.3) is 0 Å². The van der Waals surface area contributed by atoms with Crippen LogP contribution in [0.2, 0.25) is 0 Å². The quantitative estimate of drug-likeness (QED) is 0.490. The number of amides is 2. The van der Waals surface area contributed by atoms with Crippen molar-refractivity contribution in [2.24, 2.45) is 0 Å². The molecule has 0 unspecified atom stereocenters. The topological polar surface area (TPSA) is 91.0 Å². The second kappa shape index (κ2) is 8.85. The fraction of sp³-hybridized carbons (Fsp3) is 0.190. The Bertz CT molecular complexity index is 938. The van der Waals surface area contributed by atoms with Gasteiger partial charge >= 0.3 is 6.03 Å². The monoisotopic (exact) mass is 376 g/mol. The lowest BCUT2D eigenvalue weighted by molar-refractivity contribution is 0.262. The van der Waals surface area contributed by atoms with E-state index in [1.165, 1.54) is 0 Å². The number of nitrogens with zero attached hydrogens (tertiary/aromatic N) is 2. The molecule has 0 aliphatic rings. The Hall–Kier alpha value is -3.61. The summed E-state index contributed by atoms with van der Waals surface area (Å²) in [5, 5.41) is 12.0. The summed E-state index contributed by atoms with van der Waals surface area (Å²) in [5.74, 6) is 1.30. The highest BCUT2D eigenvalue weighted by Crippen LogP contribution is 2.19. The van der Waals surface area contributed by atoms with Crippen molar-refractivity contribution < 1.29 is 4.79 Å². The third-order valence-corrected chi connectivity index (χ3v) is 3.91. The number of benzene rings is 2. The molecule has 1 aromatic heterocycles. The Morgan fingerprint density at radius 3 is 2.04 bits per heavy atom. The second-order valence-electron chi connectivity index (χ2n) is 6.40. The summed E-state index contributed by atoms with van der Waals surface area (Å²) in [6.07, 6.45) is 0. The van der Waals surface area contributed by atoms with Crippen molar-refractivity contribution in [3.05, 3.63) is 65.9 Å². The highest BCUT2D eigenvalue weighted by Gasteiger charge is 2.05. The van der Waals surface area contributed by atoms with E-state index in [9.17, 15) is 4.79 Å². The van der Waals surface area contributed by atoms with Crippen molar-refractivity contribution in [1.29, 1.82) is 0 Å². The van der Waals surface area contributed by atoms with Crippen LogP contribution in [0.1, 0.15) is 18.2 Å². The number of carbonyl (C=O) groups is 1. The summed E-state index contributed by atoms with van der Waals surface area (Å²) in [6.45, 7) is 6.68. The number of hydrogen-bond donors (Lipinski definition) is 4. The maximum Gasteiger partial charge on any atom is 0.323 e. The van der Waals surface area contributed by atoms with Crippen molar-refractivity contribution >= 4 is 34.9 Å². The molecule has 0 aliphatic carbocycles. The summed E-state index contributed by atoms with van der Waals surface area (Å²) in [7, 11) is 0. The minimum Gasteiger partial charge on any atom is -0.354 e. The molecule has 4 N–H and O–H groups in total. The molecule has 0 aliphatic heterocycles. The molecule has 0 spiro atoms. The van der Waals surface area contributed by atoms with Gasteiger partial charge in [-0.3, -0.25) is 0 Å². The number of rotatable bonds is 6. The molecular weight excluding hydrogens is 352 g/mol. The number of anilines is 5. The summed E-state index contributed by atoms with van der Waals surface area (Å²) >= 11 is 0. The minimum atomic E-state index is -0.286. The van der Waals surface area contributed by atoms with Gasteiger partial charge < -0.3 is 21.3 Å². The SMILES string of the molecule is CCNc1nc(C)cc(Nc2ccc(NC(=O)Nc3ccc(C)cc3)cc2)n1. The third-order valence-electron chi connectivity index (χ3n) is 3.91. The van der Waals surface area contributed by atoms with Crippen LogP contribution in [0.3, 0.4) is 0 Å². The molecule has 144 valence electrons. The number of aromatic nitrogens is 2. The zero-order valence-corrected chi connectivity index (χ0v) is 16.2. The Labute approximate surface area is 164 Å². The zero-order chi connectivity index (χ0) is 19.9. The Kier molecular flexibility index (Phi) is 6.06. The summed E-state index contributed by atoms with van der Waals surface area (Å²) < 4.78 is 0. The van der Waals surface area contributed by atoms with E-state index in [0.29, 0.717) is 17.5 Å². The largest absolute Gasteiger partial charge is 0.354 e. The van der Waals surface area contributed by atoms with Gasteiger partial charge in [0.05, 0.1) is 0 Å². The van der Waals surface area contributed by atoms with Crippen molar-refractivity contribution in [2.75, 3.05) is 27.8 Å². The van der Waals surface area contributed by atoms with E-state index in [4.69, 9.17) is 0 Å². The molecule has 0 saturated heterocycles. The fourth-order valence-electron chi connectivity index (χ4n) is 2.58. The van der Waals surface area contributed by atoms with Crippen LogP contribution in [0.15, 0.2) is 54.6 Å². The first-order valence-corrected chi connectivity index (χ1v) is 9.13. The van der Waals surface area contributed by atoms with Crippen LogP contribution in [0.5, 0.6) is 0 Å². The van der Waals surface area contributed by atoms with Gasteiger partial charge in [-0.1, -0.05) is 17.7 Å². The van der Waals surface area contributed by atoms with E-state index in [-0.39, 0.29) is 6.03 Å². The van der Waals surface area contributed by atoms with E-state index in [1.54, 1.807) is 0 Å². The van der Waals surface area contributed by atoms with E-state index in [2.05, 4.69) is 31.2 Å². The van der Waals surface area contributed by atoms with E-state index < -0.39 is 0 Å². The average molecular weight is 376 g/mol. The number of hydrogen-bond acceptors (Lipinski definition) is 5. The molecule has 2 amide bonds. The Balaban J connectivity index is 1.60. The smallest absolute Gasteiger partial charge is 0.323 e. The van der Waals surface area contributed by atoms with Crippen LogP contribution >= 0.6 is 0 Å². The Morgan fingerprint density at radius 1 is 0.857 bits per heavy atom. The van der Waals surface area contributed by atoms with Crippen LogP contribution in [0, 0.1) is 13.8 Å². The molecular formula is C21H24N6O. The standard InChI is InChI=1S/C21H24N6O/c1-4-22-20-23-15(3)13-19(27-20)24-16-9-11-18(12-10-16)26-21(28)25-17-7-5-14(2)6-8-17/h5-13H,4H2,1-3H3,(H2,25,26,28)(H2,22,23,24,27). The van der Waals surface area contributed by atoms with Crippen LogP contribution < -0.4 is 21.3 Å². The van der Waals surface area contributed by atoms with Gasteiger partial charge in [0.1, 0.15) is 5.82 Å². The zero-order valence-electron chi connectivity index (χ0n) is 16.2. The summed E-state index contributed by atoms with van der Waals surface area (Å²) in [5.41, 5.74) is 4.33. The predicted octanol–water partition coefficient (Wildman–Crippen LogP) is 4.91. The highest BCUT2D eigenvalue weighted by molar-refractivity contribution is 5.99. The van der Waals surface area contributed by atoms with Crippen molar-refractivity contribution in [2.45, 2.75) is 20.8 Å². The fourth-order valence-corrected chi connectivity index (χ4v) is 2.58. The maximum absolute atomic E-state index is 12.1. The van der Waals surface area contributed by atoms with E-state index in [0.717, 1.165) is 29.2 Å². The summed E-state index contributed by atoms with van der Waals surface area (Å²) in [6, 6.07) is 16.7. The highest BCUT2D eigenvalue weighted by atomic mass is 16.2. The van der Waals surface area contributed by atoms with Crippen molar-refractivity contribution in [3.8, 4) is 0 Å². The van der Waals surface area contributed by atoms with Gasteiger partial charge in [0.2, 0.25) is 5.95 Å². The average Bonchev–Trinajstić information content (AvgIpc) is 2.65. The molecule has 7 heteroatoms. The summed E-state index contributed by atoms with van der Waals surface area (Å²) in [4.78, 5) is 20.9. The van der Waals surface area contributed by atoms with Gasteiger partial charge in [-0.25, -0.2) is 9.78 Å². The predicted molar refractivity (Wildman–Crippen MR) is 114 cm³/mol. The molecule has 0 bridgehead atoms. The van der Waals surface area contributed by atoms with Crippen molar-refractivity contribution in [1.82, 2.24) is 9.97 Å². The van der Waals surface area contributed by atoms with Crippen LogP contribution in [-0.4, -0.2) is 22.5 Å². The van der Waals surface area contributed by atoms with Gasteiger partial charge in [0.25, 0.3) is 0 Å². The molecule has 0 radical (unpaired) electrons. The number of nitrogens with one attached hydrogen (secondary N) is 4. The second-order valence-corrected chi connectivity index (χ2v) is 6.40. The first-order valence-electron chi connectivity index (χ1n) is 9.13. The first-order chi connectivity index (χ1) is 13.5. The maximum atomic E-state index is 12.1. The van der Waals surface area contributed by atoms with Gasteiger partial charge in [-0.2, -0.15) is 4.98 Å². The van der Waals surface area contributed by atoms with E-state index >= 15 is 0 Å². The van der Waals surface area contributed by atoms with Gasteiger partial charge in [-0.15, -0.1) is 0 Å². The molecule has 2 aromatic carbocycles. The minimum absolute atomic E-state index is 0.286. The molecule has 1 heterocycles. The van der Waals surface area contributed by atoms with Gasteiger partial charge in [0.15, 0.2) is 0 Å². The van der Waals surface area contributed by atoms with Crippen LogP contribution in [-0.2, 0) is 0 Å². The Morgan fingerprint density at radius 2 is 1.43 bits per heavy atom. The first kappa shape index (κ1) is 19.2. The van der Waals surface area contributed by atoms with Gasteiger partial charge in [0, 0.05) is 35.4 Å².